The summed E-state index contributed by atoms with van der Waals surface area (Å²) < 4.78 is 23.8. The molecule has 1 aromatic carbocycles. The summed E-state index contributed by atoms with van der Waals surface area (Å²) in [7, 11) is 0. The van der Waals surface area contributed by atoms with Crippen LogP contribution < -0.4 is 0 Å². The second-order valence-electron chi connectivity index (χ2n) is 12.3. The highest BCUT2D eigenvalue weighted by molar-refractivity contribution is 7.93. The van der Waals surface area contributed by atoms with Gasteiger partial charge in [-0.1, -0.05) is 32.0 Å². The Morgan fingerprint density at radius 3 is 2.34 bits per heavy atom. The van der Waals surface area contributed by atoms with Crippen molar-refractivity contribution in [3.63, 3.8) is 0 Å². The van der Waals surface area contributed by atoms with Crippen LogP contribution in [0.4, 0.5) is 0 Å². The Bertz CT molecular complexity index is 1320. The van der Waals surface area contributed by atoms with Crippen LogP contribution in [0.1, 0.15) is 57.8 Å². The molecule has 222 valence electrons. The standard InChI is InChI=1S/C30H36O10S/c1-15-18(40-41-6)13-30(36)25(38-26(35)17-10-8-7-9-11-17)23-28(5,24(34)22(33)21(15)27(30,3)4)19(32)12-20-29(23,14-37-20)39-16(2)31/h7-11,18-20,23,25,32,36H,12-14H2,1-6H3/t18-,19-,20+,23-,25-,28+,29-,30?/m0/s1. The summed E-state index contributed by atoms with van der Waals surface area (Å²) in [6.45, 7) is 7.40. The highest BCUT2D eigenvalue weighted by Gasteiger charge is 2.78. The van der Waals surface area contributed by atoms with Crippen LogP contribution in [0.25, 0.3) is 0 Å². The highest BCUT2D eigenvalue weighted by atomic mass is 32.2. The first-order valence-electron chi connectivity index (χ1n) is 13.6. The molecule has 0 aromatic heterocycles. The molecule has 2 N–H and O–H groups in total. The molecule has 1 heterocycles. The van der Waals surface area contributed by atoms with E-state index in [1.807, 2.05) is 0 Å². The van der Waals surface area contributed by atoms with Crippen molar-refractivity contribution in [3.8, 4) is 0 Å². The molecule has 0 amide bonds. The van der Waals surface area contributed by atoms with Crippen LogP contribution in [0.2, 0.25) is 0 Å². The number of hydrogen-bond donors (Lipinski definition) is 2. The van der Waals surface area contributed by atoms with E-state index in [0.717, 1.165) is 12.0 Å². The number of aliphatic hydroxyl groups is 2. The van der Waals surface area contributed by atoms with E-state index in [1.54, 1.807) is 57.4 Å². The predicted molar refractivity (Wildman–Crippen MR) is 147 cm³/mol. The monoisotopic (exact) mass is 588 g/mol. The molecule has 3 aliphatic carbocycles. The van der Waals surface area contributed by atoms with E-state index >= 15 is 0 Å². The van der Waals surface area contributed by atoms with Gasteiger partial charge in [0.2, 0.25) is 11.6 Å². The maximum Gasteiger partial charge on any atom is 0.338 e. The molecular weight excluding hydrogens is 552 g/mol. The van der Waals surface area contributed by atoms with Crippen LogP contribution in [0.15, 0.2) is 41.5 Å². The quantitative estimate of drug-likeness (QED) is 0.297. The molecule has 1 unspecified atom stereocenters. The number of Topliss-reactive ketones (excluding diaryl/α,β-unsaturated/α-hetero) is 2. The Hall–Kier alpha value is -2.57. The van der Waals surface area contributed by atoms with Crippen molar-refractivity contribution in [2.24, 2.45) is 16.7 Å². The zero-order valence-electron chi connectivity index (χ0n) is 24.0. The fourth-order valence-corrected chi connectivity index (χ4v) is 8.09. The molecule has 2 bridgehead atoms. The molecule has 5 rings (SSSR count). The number of benzene rings is 1. The molecule has 4 aliphatic rings. The summed E-state index contributed by atoms with van der Waals surface area (Å²) in [5.41, 5.74) is -6.18. The number of aliphatic hydroxyl groups excluding tert-OH is 1. The third-order valence-corrected chi connectivity index (χ3v) is 10.3. The van der Waals surface area contributed by atoms with Crippen molar-refractivity contribution in [2.75, 3.05) is 12.9 Å². The topological polar surface area (TPSA) is 146 Å². The van der Waals surface area contributed by atoms with Crippen LogP contribution in [0.5, 0.6) is 0 Å². The molecule has 0 radical (unpaired) electrons. The van der Waals surface area contributed by atoms with Gasteiger partial charge in [-0.05, 0) is 43.6 Å². The Morgan fingerprint density at radius 1 is 1.12 bits per heavy atom. The number of hydrogen-bond acceptors (Lipinski definition) is 11. The molecule has 41 heavy (non-hydrogen) atoms. The minimum Gasteiger partial charge on any atom is -0.455 e. The van der Waals surface area contributed by atoms with E-state index < -0.39 is 75.9 Å². The van der Waals surface area contributed by atoms with Crippen molar-refractivity contribution >= 4 is 35.5 Å². The summed E-state index contributed by atoms with van der Waals surface area (Å²) in [5, 5.41) is 24.4. The number of esters is 2. The summed E-state index contributed by atoms with van der Waals surface area (Å²) in [4.78, 5) is 54.8. The van der Waals surface area contributed by atoms with E-state index in [9.17, 15) is 29.4 Å². The molecule has 3 fully saturated rings. The van der Waals surface area contributed by atoms with Gasteiger partial charge < -0.3 is 28.6 Å². The van der Waals surface area contributed by atoms with Gasteiger partial charge >= 0.3 is 11.9 Å². The van der Waals surface area contributed by atoms with Gasteiger partial charge in [-0.25, -0.2) is 4.79 Å². The van der Waals surface area contributed by atoms with Crippen molar-refractivity contribution in [3.05, 3.63) is 47.0 Å². The SMILES string of the molecule is CSO[C@H]1CC2(O)[C@@H](OC(=O)c3ccccc3)[C@@H]3[C@]4(OC(C)=O)CO[C@@H]4C[C@H](O)[C@@]3(C)C(=O)C(=O)C(=C1C)C2(C)C. The fraction of sp³-hybridized carbons (Fsp3) is 0.600. The van der Waals surface area contributed by atoms with Crippen molar-refractivity contribution in [1.82, 2.24) is 0 Å². The Balaban J connectivity index is 1.82. The smallest absolute Gasteiger partial charge is 0.338 e. The number of carbonyl (C=O) groups excluding carboxylic acids is 4. The van der Waals surface area contributed by atoms with Gasteiger partial charge in [-0.2, -0.15) is 0 Å². The molecule has 0 spiro atoms. The van der Waals surface area contributed by atoms with Gasteiger partial charge in [0.05, 0.1) is 35.7 Å². The molecule has 8 atom stereocenters. The molecule has 2 saturated carbocycles. The zero-order chi connectivity index (χ0) is 30.1. The second kappa shape index (κ2) is 10.0. The Morgan fingerprint density at radius 2 is 1.78 bits per heavy atom. The average Bonchev–Trinajstić information content (AvgIpc) is 2.91. The molecule has 10 nitrogen and oxygen atoms in total. The zero-order valence-corrected chi connectivity index (χ0v) is 24.8. The Labute approximate surface area is 242 Å². The van der Waals surface area contributed by atoms with E-state index in [2.05, 4.69) is 0 Å². The van der Waals surface area contributed by atoms with Gasteiger partial charge in [-0.15, -0.1) is 0 Å². The van der Waals surface area contributed by atoms with Gasteiger partial charge in [0.1, 0.15) is 17.8 Å². The van der Waals surface area contributed by atoms with Gasteiger partial charge in [-0.3, -0.25) is 14.4 Å². The van der Waals surface area contributed by atoms with Crippen LogP contribution in [-0.4, -0.2) is 82.2 Å². The number of rotatable bonds is 5. The van der Waals surface area contributed by atoms with Crippen LogP contribution >= 0.6 is 12.0 Å². The number of carbonyl (C=O) groups is 4. The highest BCUT2D eigenvalue weighted by Crippen LogP contribution is 2.63. The van der Waals surface area contributed by atoms with E-state index in [-0.39, 0.29) is 30.6 Å². The molecule has 11 heteroatoms. The predicted octanol–water partition coefficient (Wildman–Crippen LogP) is 2.59. The fourth-order valence-electron chi connectivity index (χ4n) is 7.65. The maximum absolute atomic E-state index is 14.4. The maximum atomic E-state index is 14.4. The lowest BCUT2D eigenvalue weighted by molar-refractivity contribution is -0.343. The van der Waals surface area contributed by atoms with Gasteiger partial charge in [0.15, 0.2) is 5.60 Å². The van der Waals surface area contributed by atoms with Crippen molar-refractivity contribution in [1.29, 1.82) is 0 Å². The number of ether oxygens (including phenoxy) is 3. The summed E-state index contributed by atoms with van der Waals surface area (Å²) in [5.74, 6) is -4.59. The van der Waals surface area contributed by atoms with E-state index in [1.165, 1.54) is 13.8 Å². The summed E-state index contributed by atoms with van der Waals surface area (Å²) >= 11 is 1.04. The third-order valence-electron chi connectivity index (χ3n) is 9.92. The van der Waals surface area contributed by atoms with Crippen molar-refractivity contribution < 1.29 is 47.8 Å². The minimum atomic E-state index is -2.01. The van der Waals surface area contributed by atoms with E-state index in [0.29, 0.717) is 5.57 Å². The van der Waals surface area contributed by atoms with Crippen LogP contribution in [0, 0.1) is 16.7 Å². The largest absolute Gasteiger partial charge is 0.455 e. The van der Waals surface area contributed by atoms with Gasteiger partial charge in [0, 0.05) is 37.0 Å². The second-order valence-corrected chi connectivity index (χ2v) is 12.8. The van der Waals surface area contributed by atoms with Crippen LogP contribution in [-0.2, 0) is 32.8 Å². The normalized spacial score (nSPS) is 39.5. The molecular formula is C30H36O10S. The molecule has 1 aliphatic heterocycles. The molecule has 1 aromatic rings. The summed E-state index contributed by atoms with van der Waals surface area (Å²) in [6.07, 6.45) is -3.14. The van der Waals surface area contributed by atoms with Crippen LogP contribution in [0.3, 0.4) is 0 Å². The number of fused-ring (bicyclic) bond motifs is 5. The van der Waals surface area contributed by atoms with Crippen molar-refractivity contribution in [2.45, 2.75) is 83.1 Å². The lowest BCUT2D eigenvalue weighted by Crippen LogP contribution is -2.81. The lowest BCUT2D eigenvalue weighted by Gasteiger charge is -2.66. The van der Waals surface area contributed by atoms with Gasteiger partial charge in [0.25, 0.3) is 0 Å². The number of ketones is 2. The molecule has 1 saturated heterocycles. The first-order chi connectivity index (χ1) is 19.2. The van der Waals surface area contributed by atoms with E-state index in [4.69, 9.17) is 18.4 Å². The Kier molecular flexibility index (Phi) is 7.30. The third kappa shape index (κ3) is 4.07. The lowest BCUT2D eigenvalue weighted by atomic mass is 9.45. The average molecular weight is 589 g/mol. The minimum absolute atomic E-state index is 0.0523. The first-order valence-corrected chi connectivity index (χ1v) is 14.8. The first kappa shape index (κ1) is 29.9. The summed E-state index contributed by atoms with van der Waals surface area (Å²) in [6, 6.07) is 8.16.